The van der Waals surface area contributed by atoms with Crippen LogP contribution < -0.4 is 0 Å². The van der Waals surface area contributed by atoms with Gasteiger partial charge in [-0.3, -0.25) is 0 Å². The summed E-state index contributed by atoms with van der Waals surface area (Å²) in [6.07, 6.45) is 3.82. The summed E-state index contributed by atoms with van der Waals surface area (Å²) in [4.78, 5) is 0. The maximum Gasteiger partial charge on any atom is 0.0952 e. The van der Waals surface area contributed by atoms with Crippen molar-refractivity contribution in [3.63, 3.8) is 0 Å². The van der Waals surface area contributed by atoms with Crippen LogP contribution in [0.1, 0.15) is 40.0 Å². The van der Waals surface area contributed by atoms with Gasteiger partial charge in [0.1, 0.15) is 0 Å². The fourth-order valence-electron chi connectivity index (χ4n) is 0.902. The molecule has 0 fully saturated rings. The Labute approximate surface area is 59.7 Å². The van der Waals surface area contributed by atoms with Gasteiger partial charge in [0.2, 0.25) is 0 Å². The van der Waals surface area contributed by atoms with Crippen molar-refractivity contribution in [3.05, 3.63) is 6.92 Å². The predicted molar refractivity (Wildman–Crippen MR) is 43.2 cm³/mol. The summed E-state index contributed by atoms with van der Waals surface area (Å²) in [5, 5.41) is 0. The van der Waals surface area contributed by atoms with E-state index in [-0.39, 0.29) is 0 Å². The Morgan fingerprint density at radius 1 is 1.22 bits per heavy atom. The number of hydrogen-bond acceptors (Lipinski definition) is 0. The molecular formula is C9H19+. The zero-order valence-corrected chi connectivity index (χ0v) is 6.98. The molecule has 0 rings (SSSR count). The summed E-state index contributed by atoms with van der Waals surface area (Å²) in [7, 11) is 0. The third-order valence-corrected chi connectivity index (χ3v) is 2.01. The predicted octanol–water partition coefficient (Wildman–Crippen LogP) is 3.28. The van der Waals surface area contributed by atoms with Crippen LogP contribution in [-0.2, 0) is 0 Å². The van der Waals surface area contributed by atoms with Gasteiger partial charge in [0.05, 0.1) is 12.8 Å². The van der Waals surface area contributed by atoms with Crippen molar-refractivity contribution in [2.45, 2.75) is 40.0 Å². The van der Waals surface area contributed by atoms with Gasteiger partial charge in [0, 0.05) is 0 Å². The first-order valence-corrected chi connectivity index (χ1v) is 4.03. The van der Waals surface area contributed by atoms with Crippen LogP contribution in [0.5, 0.6) is 0 Å². The fourth-order valence-corrected chi connectivity index (χ4v) is 0.902. The molecule has 2 atom stereocenters. The summed E-state index contributed by atoms with van der Waals surface area (Å²) >= 11 is 0. The normalized spacial score (nSPS) is 17.2. The molecule has 0 spiro atoms. The molecule has 0 saturated carbocycles. The summed E-state index contributed by atoms with van der Waals surface area (Å²) in [5.74, 6) is 1.55. The van der Waals surface area contributed by atoms with Crippen LogP contribution in [0.15, 0.2) is 0 Å². The van der Waals surface area contributed by atoms with Crippen molar-refractivity contribution in [3.8, 4) is 0 Å². The SMILES string of the molecule is [CH2+]C(CC)CC(C)CC. The van der Waals surface area contributed by atoms with Gasteiger partial charge in [-0.05, 0) is 18.8 Å². The van der Waals surface area contributed by atoms with E-state index in [0.29, 0.717) is 5.92 Å². The van der Waals surface area contributed by atoms with Crippen molar-refractivity contribution in [1.82, 2.24) is 0 Å². The summed E-state index contributed by atoms with van der Waals surface area (Å²) in [6.45, 7) is 10.8. The van der Waals surface area contributed by atoms with Crippen LogP contribution in [0.25, 0.3) is 0 Å². The zero-order chi connectivity index (χ0) is 7.28. The molecule has 0 aromatic carbocycles. The zero-order valence-electron chi connectivity index (χ0n) is 6.98. The second kappa shape index (κ2) is 4.72. The number of hydrogen-bond donors (Lipinski definition) is 0. The first kappa shape index (κ1) is 8.87. The second-order valence-electron chi connectivity index (χ2n) is 3.02. The molecule has 0 heterocycles. The molecular weight excluding hydrogens is 108 g/mol. The van der Waals surface area contributed by atoms with Crippen LogP contribution >= 0.6 is 0 Å². The van der Waals surface area contributed by atoms with Gasteiger partial charge in [0.25, 0.3) is 0 Å². The minimum Gasteiger partial charge on any atom is -0.0651 e. The fraction of sp³-hybridized carbons (Fsp3) is 0.889. The van der Waals surface area contributed by atoms with Crippen molar-refractivity contribution >= 4 is 0 Å². The molecule has 0 aliphatic rings. The Kier molecular flexibility index (Phi) is 4.65. The van der Waals surface area contributed by atoms with Crippen molar-refractivity contribution in [2.75, 3.05) is 0 Å². The average Bonchev–Trinajstić information content (AvgIpc) is 1.87. The van der Waals surface area contributed by atoms with E-state index in [1.807, 2.05) is 0 Å². The highest BCUT2D eigenvalue weighted by atomic mass is 14.1. The lowest BCUT2D eigenvalue weighted by Crippen LogP contribution is -2.00. The molecule has 0 amide bonds. The second-order valence-corrected chi connectivity index (χ2v) is 3.02. The smallest absolute Gasteiger partial charge is 0.0651 e. The molecule has 0 aromatic heterocycles. The Morgan fingerprint density at radius 3 is 2.11 bits per heavy atom. The molecule has 0 radical (unpaired) electrons. The van der Waals surface area contributed by atoms with Crippen LogP contribution in [0, 0.1) is 18.8 Å². The van der Waals surface area contributed by atoms with Gasteiger partial charge < -0.3 is 0 Å². The standard InChI is InChI=1S/C9H19/c1-5-8(3)7-9(4)6-2/h8-9H,3,5-7H2,1-2,4H3/q+1. The Morgan fingerprint density at radius 2 is 1.78 bits per heavy atom. The Balaban J connectivity index is 3.22. The molecule has 2 unspecified atom stereocenters. The van der Waals surface area contributed by atoms with Gasteiger partial charge in [0.15, 0.2) is 0 Å². The first-order chi connectivity index (χ1) is 4.20. The highest BCUT2D eigenvalue weighted by Gasteiger charge is 2.09. The molecule has 0 N–H and O–H groups in total. The lowest BCUT2D eigenvalue weighted by molar-refractivity contribution is 0.425. The highest BCUT2D eigenvalue weighted by molar-refractivity contribution is 4.62. The third-order valence-electron chi connectivity index (χ3n) is 2.01. The molecule has 0 saturated heterocycles. The van der Waals surface area contributed by atoms with E-state index in [1.165, 1.54) is 19.3 Å². The van der Waals surface area contributed by atoms with Crippen molar-refractivity contribution in [1.29, 1.82) is 0 Å². The number of rotatable bonds is 4. The van der Waals surface area contributed by atoms with E-state index in [2.05, 4.69) is 27.7 Å². The maximum atomic E-state index is 4.04. The summed E-state index contributed by atoms with van der Waals surface area (Å²) in [6, 6.07) is 0. The van der Waals surface area contributed by atoms with E-state index in [4.69, 9.17) is 0 Å². The van der Waals surface area contributed by atoms with Crippen LogP contribution in [0.2, 0.25) is 0 Å². The van der Waals surface area contributed by atoms with Crippen molar-refractivity contribution < 1.29 is 0 Å². The minimum absolute atomic E-state index is 0.681. The summed E-state index contributed by atoms with van der Waals surface area (Å²) < 4.78 is 0. The third kappa shape index (κ3) is 4.38. The molecule has 0 heteroatoms. The van der Waals surface area contributed by atoms with Crippen molar-refractivity contribution in [2.24, 2.45) is 11.8 Å². The largest absolute Gasteiger partial charge is 0.0952 e. The topological polar surface area (TPSA) is 0 Å². The molecule has 0 aliphatic heterocycles. The Hall–Kier alpha value is -0.130. The molecule has 9 heavy (non-hydrogen) atoms. The first-order valence-electron chi connectivity index (χ1n) is 4.03. The minimum atomic E-state index is 0.681. The van der Waals surface area contributed by atoms with E-state index < -0.39 is 0 Å². The van der Waals surface area contributed by atoms with E-state index >= 15 is 0 Å². The molecule has 0 nitrogen and oxygen atoms in total. The lowest BCUT2D eigenvalue weighted by atomic mass is 9.94. The van der Waals surface area contributed by atoms with Gasteiger partial charge in [-0.25, -0.2) is 0 Å². The van der Waals surface area contributed by atoms with Gasteiger partial charge >= 0.3 is 0 Å². The van der Waals surface area contributed by atoms with Gasteiger partial charge in [-0.15, -0.1) is 0 Å². The summed E-state index contributed by atoms with van der Waals surface area (Å²) in [5.41, 5.74) is 0. The quantitative estimate of drug-likeness (QED) is 0.508. The Bertz CT molecular complexity index is 49.1. The highest BCUT2D eigenvalue weighted by Crippen LogP contribution is 2.16. The van der Waals surface area contributed by atoms with Gasteiger partial charge in [-0.1, -0.05) is 27.2 Å². The van der Waals surface area contributed by atoms with E-state index in [9.17, 15) is 0 Å². The van der Waals surface area contributed by atoms with Crippen LogP contribution in [-0.4, -0.2) is 0 Å². The van der Waals surface area contributed by atoms with Gasteiger partial charge in [-0.2, -0.15) is 0 Å². The maximum absolute atomic E-state index is 4.04. The van der Waals surface area contributed by atoms with E-state index in [0.717, 1.165) is 5.92 Å². The van der Waals surface area contributed by atoms with Crippen LogP contribution in [0.4, 0.5) is 0 Å². The molecule has 0 aromatic rings. The molecule has 0 aliphatic carbocycles. The van der Waals surface area contributed by atoms with Crippen LogP contribution in [0.3, 0.4) is 0 Å². The monoisotopic (exact) mass is 127 g/mol. The molecule has 54 valence electrons. The average molecular weight is 127 g/mol. The van der Waals surface area contributed by atoms with E-state index in [1.54, 1.807) is 0 Å². The molecule has 0 bridgehead atoms. The lowest BCUT2D eigenvalue weighted by Gasteiger charge is -2.08.